The molecule has 0 bridgehead atoms. The largest absolute Gasteiger partial charge is 0.466 e. The van der Waals surface area contributed by atoms with Crippen molar-refractivity contribution < 1.29 is 14.5 Å². The lowest BCUT2D eigenvalue weighted by Gasteiger charge is -2.24. The van der Waals surface area contributed by atoms with Crippen LogP contribution in [0, 0.1) is 15.5 Å². The Hall–Kier alpha value is -1.95. The number of likely N-dealkylation sites (tertiary alicyclic amines) is 1. The summed E-state index contributed by atoms with van der Waals surface area (Å²) in [7, 11) is 0. The maximum absolute atomic E-state index is 11.8. The molecule has 0 aromatic heterocycles. The molecule has 6 heteroatoms. The van der Waals surface area contributed by atoms with E-state index >= 15 is 0 Å². The highest BCUT2D eigenvalue weighted by Crippen LogP contribution is 2.35. The van der Waals surface area contributed by atoms with E-state index in [-0.39, 0.29) is 23.9 Å². The van der Waals surface area contributed by atoms with Crippen LogP contribution in [0.15, 0.2) is 30.3 Å². The van der Waals surface area contributed by atoms with Crippen molar-refractivity contribution in [3.8, 4) is 0 Å². The van der Waals surface area contributed by atoms with E-state index in [0.717, 1.165) is 13.1 Å². The molecule has 1 fully saturated rings. The summed E-state index contributed by atoms with van der Waals surface area (Å²) < 4.78 is 4.98. The van der Waals surface area contributed by atoms with Crippen LogP contribution in [0.2, 0.25) is 0 Å². The first-order chi connectivity index (χ1) is 10.5. The minimum Gasteiger partial charge on any atom is -0.466 e. The fourth-order valence-corrected chi connectivity index (χ4v) is 3.13. The topological polar surface area (TPSA) is 72.7 Å². The summed E-state index contributed by atoms with van der Waals surface area (Å²) in [6, 6.07) is 10.0. The van der Waals surface area contributed by atoms with E-state index in [1.54, 1.807) is 6.92 Å². The first-order valence-corrected chi connectivity index (χ1v) is 7.57. The van der Waals surface area contributed by atoms with E-state index in [1.807, 2.05) is 30.3 Å². The van der Waals surface area contributed by atoms with Crippen molar-refractivity contribution in [2.24, 2.45) is 5.41 Å². The highest BCUT2D eigenvalue weighted by Gasteiger charge is 2.44. The normalized spacial score (nSPS) is 21.7. The van der Waals surface area contributed by atoms with E-state index in [2.05, 4.69) is 4.90 Å². The maximum atomic E-state index is 11.8. The third kappa shape index (κ3) is 4.53. The molecule has 1 heterocycles. The Kier molecular flexibility index (Phi) is 5.49. The smallest absolute Gasteiger partial charge is 0.306 e. The Labute approximate surface area is 130 Å². The number of esters is 1. The van der Waals surface area contributed by atoms with Gasteiger partial charge < -0.3 is 4.74 Å². The molecule has 1 saturated heterocycles. The quantitative estimate of drug-likeness (QED) is 0.438. The fraction of sp³-hybridized carbons (Fsp3) is 0.562. The Morgan fingerprint density at radius 3 is 2.77 bits per heavy atom. The van der Waals surface area contributed by atoms with Crippen LogP contribution in [0.4, 0.5) is 0 Å². The van der Waals surface area contributed by atoms with Crippen LogP contribution in [0.5, 0.6) is 0 Å². The molecule has 1 unspecified atom stereocenters. The summed E-state index contributed by atoms with van der Waals surface area (Å²) in [5, 5.41) is 11.0. The predicted octanol–water partition coefficient (Wildman–Crippen LogP) is 2.11. The molecule has 22 heavy (non-hydrogen) atoms. The molecule has 0 saturated carbocycles. The van der Waals surface area contributed by atoms with Gasteiger partial charge in [0.05, 0.1) is 18.4 Å². The summed E-state index contributed by atoms with van der Waals surface area (Å²) in [5.74, 6) is -0.342. The Morgan fingerprint density at radius 2 is 2.14 bits per heavy atom. The van der Waals surface area contributed by atoms with Gasteiger partial charge in [-0.3, -0.25) is 19.8 Å². The minimum absolute atomic E-state index is 0.118. The zero-order valence-electron chi connectivity index (χ0n) is 12.9. The summed E-state index contributed by atoms with van der Waals surface area (Å²) in [6.07, 6.45) is 0.771. The van der Waals surface area contributed by atoms with Crippen LogP contribution in [0.1, 0.15) is 25.3 Å². The lowest BCUT2D eigenvalue weighted by atomic mass is 9.83. The Bertz CT molecular complexity index is 520. The highest BCUT2D eigenvalue weighted by atomic mass is 16.6. The molecule has 1 aromatic carbocycles. The highest BCUT2D eigenvalue weighted by molar-refractivity contribution is 5.70. The van der Waals surface area contributed by atoms with Gasteiger partial charge in [0.15, 0.2) is 0 Å². The number of nitrogens with zero attached hydrogens (tertiary/aromatic N) is 2. The van der Waals surface area contributed by atoms with E-state index in [0.29, 0.717) is 19.6 Å². The van der Waals surface area contributed by atoms with E-state index in [9.17, 15) is 14.9 Å². The van der Waals surface area contributed by atoms with E-state index in [4.69, 9.17) is 4.74 Å². The molecule has 6 nitrogen and oxygen atoms in total. The van der Waals surface area contributed by atoms with Gasteiger partial charge in [-0.15, -0.1) is 0 Å². The van der Waals surface area contributed by atoms with Gasteiger partial charge in [0.25, 0.3) is 0 Å². The summed E-state index contributed by atoms with van der Waals surface area (Å²) in [4.78, 5) is 24.7. The van der Waals surface area contributed by atoms with Crippen LogP contribution in [0.25, 0.3) is 0 Å². The molecule has 0 aliphatic carbocycles. The van der Waals surface area contributed by atoms with E-state index in [1.165, 1.54) is 5.56 Å². The van der Waals surface area contributed by atoms with Gasteiger partial charge in [0, 0.05) is 18.0 Å². The monoisotopic (exact) mass is 306 g/mol. The first-order valence-electron chi connectivity index (χ1n) is 7.57. The third-order valence-corrected chi connectivity index (χ3v) is 4.06. The standard InChI is InChI=1S/C16H22N2O4/c1-2-22-15(19)10-16(13-18(20)21)8-9-17(12-16)11-14-6-4-3-5-7-14/h3-7H,2,8-13H2,1H3. The molecule has 0 amide bonds. The van der Waals surface area contributed by atoms with Crippen LogP contribution in [-0.4, -0.2) is 42.0 Å². The first kappa shape index (κ1) is 16.4. The molecule has 120 valence electrons. The van der Waals surface area contributed by atoms with Crippen LogP contribution in [-0.2, 0) is 16.1 Å². The van der Waals surface area contributed by atoms with Crippen molar-refractivity contribution in [1.29, 1.82) is 0 Å². The van der Waals surface area contributed by atoms with Gasteiger partial charge in [-0.25, -0.2) is 0 Å². The molecule has 1 aliphatic heterocycles. The van der Waals surface area contributed by atoms with Gasteiger partial charge in [-0.05, 0) is 25.5 Å². The second-order valence-electron chi connectivity index (χ2n) is 5.92. The Morgan fingerprint density at radius 1 is 1.41 bits per heavy atom. The van der Waals surface area contributed by atoms with Crippen molar-refractivity contribution in [3.63, 3.8) is 0 Å². The molecule has 1 atom stereocenters. The molecule has 0 radical (unpaired) electrons. The number of ether oxygens (including phenoxy) is 1. The number of carbonyl (C=O) groups is 1. The van der Waals surface area contributed by atoms with Gasteiger partial charge in [0.2, 0.25) is 6.54 Å². The SMILES string of the molecule is CCOC(=O)CC1(C[N+](=O)[O-])CCN(Cc2ccccc2)C1. The zero-order chi connectivity index (χ0) is 16.0. The van der Waals surface area contributed by atoms with Crippen molar-refractivity contribution in [2.45, 2.75) is 26.3 Å². The summed E-state index contributed by atoms with van der Waals surface area (Å²) in [6.45, 7) is 3.94. The number of benzene rings is 1. The number of hydrogen-bond acceptors (Lipinski definition) is 5. The number of hydrogen-bond donors (Lipinski definition) is 0. The van der Waals surface area contributed by atoms with Crippen molar-refractivity contribution in [1.82, 2.24) is 4.90 Å². The van der Waals surface area contributed by atoms with Gasteiger partial charge in [-0.2, -0.15) is 0 Å². The minimum atomic E-state index is -0.607. The van der Waals surface area contributed by atoms with Crippen LogP contribution < -0.4 is 0 Å². The van der Waals surface area contributed by atoms with E-state index < -0.39 is 5.41 Å². The molecular weight excluding hydrogens is 284 g/mol. The molecular formula is C16H22N2O4. The second-order valence-corrected chi connectivity index (χ2v) is 5.92. The average molecular weight is 306 g/mol. The Balaban J connectivity index is 2.02. The number of carbonyl (C=O) groups excluding carboxylic acids is 1. The van der Waals surface area contributed by atoms with Crippen molar-refractivity contribution >= 4 is 5.97 Å². The number of rotatable bonds is 7. The third-order valence-electron chi connectivity index (χ3n) is 4.06. The summed E-state index contributed by atoms with van der Waals surface area (Å²) in [5.41, 5.74) is 0.570. The molecule has 0 spiro atoms. The van der Waals surface area contributed by atoms with Crippen molar-refractivity contribution in [3.05, 3.63) is 46.0 Å². The van der Waals surface area contributed by atoms with Crippen molar-refractivity contribution in [2.75, 3.05) is 26.2 Å². The molecule has 0 N–H and O–H groups in total. The van der Waals surface area contributed by atoms with Gasteiger partial charge >= 0.3 is 5.97 Å². The number of nitro groups is 1. The predicted molar refractivity (Wildman–Crippen MR) is 81.9 cm³/mol. The van der Waals surface area contributed by atoms with Crippen LogP contribution >= 0.6 is 0 Å². The molecule has 2 rings (SSSR count). The molecule has 1 aromatic rings. The molecule has 1 aliphatic rings. The maximum Gasteiger partial charge on any atom is 0.306 e. The van der Waals surface area contributed by atoms with Crippen LogP contribution in [0.3, 0.4) is 0 Å². The van der Waals surface area contributed by atoms with Gasteiger partial charge in [-0.1, -0.05) is 30.3 Å². The lowest BCUT2D eigenvalue weighted by molar-refractivity contribution is -0.496. The second kappa shape index (κ2) is 7.35. The lowest BCUT2D eigenvalue weighted by Crippen LogP contribution is -2.36. The zero-order valence-corrected chi connectivity index (χ0v) is 12.9. The summed E-state index contributed by atoms with van der Waals surface area (Å²) >= 11 is 0. The fourth-order valence-electron chi connectivity index (χ4n) is 3.13. The average Bonchev–Trinajstić information content (AvgIpc) is 2.81. The van der Waals surface area contributed by atoms with Gasteiger partial charge in [0.1, 0.15) is 0 Å².